The highest BCUT2D eigenvalue weighted by atomic mass is 19.1. The van der Waals surface area contributed by atoms with Gasteiger partial charge in [-0.3, -0.25) is 4.79 Å². The maximum Gasteiger partial charge on any atom is 0.164 e. The number of nitrogens with zero attached hydrogens (tertiary/aromatic N) is 3. The summed E-state index contributed by atoms with van der Waals surface area (Å²) in [6, 6.07) is 12.9. The zero-order valence-electron chi connectivity index (χ0n) is 22.3. The lowest BCUT2D eigenvalue weighted by atomic mass is 10.0. The van der Waals surface area contributed by atoms with Gasteiger partial charge in [0, 0.05) is 37.4 Å². The molecule has 0 saturated carbocycles. The molecule has 3 heterocycles. The number of fused-ring (bicyclic) bond motifs is 1. The summed E-state index contributed by atoms with van der Waals surface area (Å²) in [4.78, 5) is 16.9. The van der Waals surface area contributed by atoms with Gasteiger partial charge in [-0.05, 0) is 56.8 Å². The van der Waals surface area contributed by atoms with Crippen LogP contribution in [0.2, 0.25) is 0 Å². The number of pyridine rings is 1. The van der Waals surface area contributed by atoms with Crippen molar-refractivity contribution in [3.8, 4) is 28.5 Å². The SMILES string of the molecule is CN(C)CCO.N#Cc1cc(-c2c(F)cnc3cc(-c4ccc(C=O)cc4F)oc23)ccc1NC1CCOCC1. The number of furan rings is 1. The van der Waals surface area contributed by atoms with Gasteiger partial charge >= 0.3 is 0 Å². The number of carbonyl (C=O) groups is 1. The van der Waals surface area contributed by atoms with Crippen LogP contribution in [0, 0.1) is 23.0 Å². The molecule has 5 rings (SSSR count). The molecular weight excluding hydrogens is 518 g/mol. The molecule has 8 nitrogen and oxygen atoms in total. The molecule has 2 N–H and O–H groups in total. The van der Waals surface area contributed by atoms with E-state index in [4.69, 9.17) is 14.3 Å². The highest BCUT2D eigenvalue weighted by Gasteiger charge is 2.20. The van der Waals surface area contributed by atoms with Crippen molar-refractivity contribution in [1.29, 1.82) is 5.26 Å². The average molecular weight is 549 g/mol. The molecule has 0 unspecified atom stereocenters. The Balaban J connectivity index is 0.000000557. The summed E-state index contributed by atoms with van der Waals surface area (Å²) >= 11 is 0. The number of hydrogen-bond acceptors (Lipinski definition) is 8. The molecule has 0 spiro atoms. The molecule has 0 aliphatic carbocycles. The van der Waals surface area contributed by atoms with Gasteiger partial charge in [-0.25, -0.2) is 13.8 Å². The summed E-state index contributed by atoms with van der Waals surface area (Å²) < 4.78 is 40.7. The number of likely N-dealkylation sites (N-methyl/N-ethyl adjacent to an activating group) is 1. The molecule has 1 saturated heterocycles. The Morgan fingerprint density at radius 2 is 1.93 bits per heavy atom. The molecular formula is C30H30F2N4O4. The second-order valence-corrected chi connectivity index (χ2v) is 9.59. The molecule has 1 aliphatic heterocycles. The van der Waals surface area contributed by atoms with Gasteiger partial charge in [0.25, 0.3) is 0 Å². The predicted octanol–water partition coefficient (Wildman–Crippen LogP) is 5.26. The van der Waals surface area contributed by atoms with E-state index in [1.807, 2.05) is 19.0 Å². The number of aliphatic hydroxyl groups excluding tert-OH is 1. The lowest BCUT2D eigenvalue weighted by Gasteiger charge is -2.24. The number of anilines is 1. The van der Waals surface area contributed by atoms with Crippen molar-refractivity contribution in [1.82, 2.24) is 9.88 Å². The first-order valence-electron chi connectivity index (χ1n) is 12.8. The number of aldehydes is 1. The monoisotopic (exact) mass is 548 g/mol. The number of nitrogens with one attached hydrogen (secondary N) is 1. The van der Waals surface area contributed by atoms with Crippen LogP contribution < -0.4 is 5.32 Å². The van der Waals surface area contributed by atoms with Gasteiger partial charge in [-0.2, -0.15) is 5.26 Å². The minimum absolute atomic E-state index is 0.128. The van der Waals surface area contributed by atoms with Crippen molar-refractivity contribution in [2.24, 2.45) is 0 Å². The number of halogens is 2. The van der Waals surface area contributed by atoms with E-state index < -0.39 is 11.6 Å². The standard InChI is InChI=1S/C26H19F2N3O3.C4H11NO/c27-20-9-15(14-32)1-3-19(20)24-11-23-26(34-24)25(21(28)13-30-23)16-2-4-22(17(10-16)12-29)31-18-5-7-33-8-6-18;1-5(2)3-4-6/h1-4,9-11,13-14,18,31H,5-8H2;6H,3-4H2,1-2H3. The van der Waals surface area contributed by atoms with E-state index in [0.29, 0.717) is 41.8 Å². The normalized spacial score (nSPS) is 13.5. The highest BCUT2D eigenvalue weighted by Crippen LogP contribution is 2.37. The molecule has 4 aromatic rings. The molecule has 208 valence electrons. The summed E-state index contributed by atoms with van der Waals surface area (Å²) in [7, 11) is 3.85. The molecule has 2 aromatic heterocycles. The van der Waals surface area contributed by atoms with Crippen molar-refractivity contribution < 1.29 is 27.8 Å². The Morgan fingerprint density at radius 1 is 1.15 bits per heavy atom. The van der Waals surface area contributed by atoms with Crippen molar-refractivity contribution >= 4 is 23.1 Å². The van der Waals surface area contributed by atoms with E-state index in [1.165, 1.54) is 18.2 Å². The molecule has 40 heavy (non-hydrogen) atoms. The molecule has 0 atom stereocenters. The van der Waals surface area contributed by atoms with E-state index in [2.05, 4.69) is 16.4 Å². The van der Waals surface area contributed by atoms with Gasteiger partial charge in [-0.15, -0.1) is 0 Å². The molecule has 10 heteroatoms. The average Bonchev–Trinajstić information content (AvgIpc) is 3.38. The number of aromatic nitrogens is 1. The Bertz CT molecular complexity index is 1520. The molecule has 2 aromatic carbocycles. The topological polar surface area (TPSA) is 112 Å². The number of benzene rings is 2. The van der Waals surface area contributed by atoms with Gasteiger partial charge in [0.1, 0.15) is 29.4 Å². The van der Waals surface area contributed by atoms with Crippen molar-refractivity contribution in [3.05, 3.63) is 71.4 Å². The Kier molecular flexibility index (Phi) is 9.56. The molecule has 0 bridgehead atoms. The highest BCUT2D eigenvalue weighted by molar-refractivity contribution is 5.93. The van der Waals surface area contributed by atoms with Gasteiger partial charge in [-0.1, -0.05) is 12.1 Å². The molecule has 0 radical (unpaired) electrons. The lowest BCUT2D eigenvalue weighted by Crippen LogP contribution is -2.28. The Morgan fingerprint density at radius 3 is 2.55 bits per heavy atom. The van der Waals surface area contributed by atoms with Crippen LogP contribution in [-0.4, -0.2) is 67.8 Å². The van der Waals surface area contributed by atoms with Crippen molar-refractivity contribution in [2.45, 2.75) is 18.9 Å². The number of nitriles is 1. The fourth-order valence-electron chi connectivity index (χ4n) is 4.34. The number of carbonyl (C=O) groups excluding carboxylic acids is 1. The summed E-state index contributed by atoms with van der Waals surface area (Å²) in [6.07, 6.45) is 3.30. The Hall–Kier alpha value is -4.17. The third kappa shape index (κ3) is 6.69. The van der Waals surface area contributed by atoms with E-state index in [1.54, 1.807) is 18.2 Å². The minimum Gasteiger partial charge on any atom is -0.453 e. The van der Waals surface area contributed by atoms with E-state index in [-0.39, 0.29) is 40.7 Å². The zero-order chi connectivity index (χ0) is 28.6. The van der Waals surface area contributed by atoms with Gasteiger partial charge in [0.2, 0.25) is 0 Å². The van der Waals surface area contributed by atoms with Crippen LogP contribution in [0.25, 0.3) is 33.6 Å². The maximum absolute atomic E-state index is 15.0. The summed E-state index contributed by atoms with van der Waals surface area (Å²) in [5.74, 6) is -1.11. The van der Waals surface area contributed by atoms with E-state index >= 15 is 0 Å². The van der Waals surface area contributed by atoms with Crippen LogP contribution in [0.5, 0.6) is 0 Å². The largest absolute Gasteiger partial charge is 0.453 e. The van der Waals surface area contributed by atoms with Gasteiger partial charge in [0.05, 0.1) is 35.2 Å². The quantitative estimate of drug-likeness (QED) is 0.301. The summed E-state index contributed by atoms with van der Waals surface area (Å²) in [6.45, 7) is 2.35. The van der Waals surface area contributed by atoms with Crippen molar-refractivity contribution in [2.75, 3.05) is 45.8 Å². The van der Waals surface area contributed by atoms with Crippen LogP contribution in [0.4, 0.5) is 14.5 Å². The Labute approximate surface area is 230 Å². The van der Waals surface area contributed by atoms with Crippen molar-refractivity contribution in [3.63, 3.8) is 0 Å². The van der Waals surface area contributed by atoms with Crippen LogP contribution in [0.3, 0.4) is 0 Å². The van der Waals surface area contributed by atoms with E-state index in [9.17, 15) is 18.8 Å². The fraction of sp³-hybridized carbons (Fsp3) is 0.300. The van der Waals surface area contributed by atoms with E-state index in [0.717, 1.165) is 31.6 Å². The summed E-state index contributed by atoms with van der Waals surface area (Å²) in [5.41, 5.74) is 2.42. The first kappa shape index (κ1) is 28.8. The third-order valence-corrected chi connectivity index (χ3v) is 6.45. The second kappa shape index (κ2) is 13.3. The number of hydrogen-bond donors (Lipinski definition) is 2. The second-order valence-electron chi connectivity index (χ2n) is 9.59. The van der Waals surface area contributed by atoms with Crippen LogP contribution in [-0.2, 0) is 4.74 Å². The smallest absolute Gasteiger partial charge is 0.164 e. The van der Waals surface area contributed by atoms with Crippen LogP contribution in [0.1, 0.15) is 28.8 Å². The zero-order valence-corrected chi connectivity index (χ0v) is 22.3. The third-order valence-electron chi connectivity index (χ3n) is 6.45. The summed E-state index contributed by atoms with van der Waals surface area (Å²) in [5, 5.41) is 21.3. The van der Waals surface area contributed by atoms with Crippen LogP contribution >= 0.6 is 0 Å². The van der Waals surface area contributed by atoms with Gasteiger partial charge in [0.15, 0.2) is 11.4 Å². The first-order valence-corrected chi connectivity index (χ1v) is 12.8. The molecule has 1 aliphatic rings. The molecule has 1 fully saturated rings. The minimum atomic E-state index is -0.638. The van der Waals surface area contributed by atoms with Gasteiger partial charge < -0.3 is 24.5 Å². The molecule has 0 amide bonds. The first-order chi connectivity index (χ1) is 19.3. The lowest BCUT2D eigenvalue weighted by molar-refractivity contribution is 0.0904. The number of rotatable bonds is 7. The maximum atomic E-state index is 15.0. The number of ether oxygens (including phenoxy) is 1. The number of aliphatic hydroxyl groups is 1. The van der Waals surface area contributed by atoms with Crippen LogP contribution in [0.15, 0.2) is 53.1 Å². The fourth-order valence-corrected chi connectivity index (χ4v) is 4.34. The predicted molar refractivity (Wildman–Crippen MR) is 148 cm³/mol.